The maximum atomic E-state index is 11.9. The van der Waals surface area contributed by atoms with E-state index in [1.807, 2.05) is 54.4 Å². The average Bonchev–Trinajstić information content (AvgIpc) is 3.12. The Labute approximate surface area is 203 Å². The van der Waals surface area contributed by atoms with Crippen LogP contribution in [0.25, 0.3) is 11.3 Å². The molecule has 5 nitrogen and oxygen atoms in total. The smallest absolute Gasteiger partial charge is 0.322 e. The molecule has 2 aromatic carbocycles. The molecule has 0 aliphatic rings. The number of aromatic nitrogens is 1. The summed E-state index contributed by atoms with van der Waals surface area (Å²) in [5.41, 5.74) is 2.82. The normalized spacial score (nSPS) is 12.3. The molecule has 1 atom stereocenters. The second kappa shape index (κ2) is 11.1. The third kappa shape index (κ3) is 6.45. The van der Waals surface area contributed by atoms with Crippen molar-refractivity contribution in [2.24, 2.45) is 5.92 Å². The Bertz CT molecular complexity index is 1060. The lowest BCUT2D eigenvalue weighted by Gasteiger charge is -2.24. The largest absolute Gasteiger partial charge is 0.480 e. The maximum absolute atomic E-state index is 11.9. The van der Waals surface area contributed by atoms with Crippen molar-refractivity contribution >= 4 is 45.6 Å². The molecule has 0 saturated heterocycles. The lowest BCUT2D eigenvalue weighted by Crippen LogP contribution is -2.43. The topological polar surface area (TPSA) is 65.5 Å². The first-order valence-electron chi connectivity index (χ1n) is 10.4. The van der Waals surface area contributed by atoms with Gasteiger partial charge in [-0.1, -0.05) is 73.4 Å². The molecule has 3 rings (SSSR count). The minimum Gasteiger partial charge on any atom is -0.480 e. The van der Waals surface area contributed by atoms with Crippen LogP contribution in [0.3, 0.4) is 0 Å². The van der Waals surface area contributed by atoms with Gasteiger partial charge in [0.15, 0.2) is 5.13 Å². The molecule has 1 unspecified atom stereocenters. The van der Waals surface area contributed by atoms with Crippen LogP contribution >= 0.6 is 34.5 Å². The van der Waals surface area contributed by atoms with Crippen LogP contribution in [0.5, 0.6) is 0 Å². The molecule has 8 heteroatoms. The van der Waals surface area contributed by atoms with Crippen molar-refractivity contribution in [1.82, 2.24) is 9.88 Å². The lowest BCUT2D eigenvalue weighted by atomic mass is 10.0. The molecule has 1 heterocycles. The average molecular weight is 492 g/mol. The highest BCUT2D eigenvalue weighted by molar-refractivity contribution is 7.16. The van der Waals surface area contributed by atoms with Crippen molar-refractivity contribution in [3.05, 3.63) is 69.0 Å². The number of aliphatic carboxylic acids is 1. The van der Waals surface area contributed by atoms with Crippen LogP contribution in [0.4, 0.5) is 5.13 Å². The molecule has 0 bridgehead atoms. The van der Waals surface area contributed by atoms with E-state index in [9.17, 15) is 9.90 Å². The van der Waals surface area contributed by atoms with Gasteiger partial charge in [0.1, 0.15) is 6.04 Å². The molecule has 0 radical (unpaired) electrons. The van der Waals surface area contributed by atoms with Gasteiger partial charge >= 0.3 is 5.97 Å². The van der Waals surface area contributed by atoms with Gasteiger partial charge in [0.05, 0.1) is 15.7 Å². The van der Waals surface area contributed by atoms with E-state index in [0.29, 0.717) is 27.6 Å². The SMILES string of the molecule is CC(C)Cc1sc(NCC(C(=O)O)N(C)Cc2ccccc2)nc1-c1ccc(Cl)c(Cl)c1. The minimum atomic E-state index is -0.875. The number of likely N-dealkylation sites (N-methyl/N-ethyl adjacent to an activating group) is 1. The summed E-state index contributed by atoms with van der Waals surface area (Å²) in [4.78, 5) is 19.7. The zero-order valence-corrected chi connectivity index (χ0v) is 20.6. The maximum Gasteiger partial charge on any atom is 0.322 e. The highest BCUT2D eigenvalue weighted by Gasteiger charge is 2.24. The molecule has 0 amide bonds. The van der Waals surface area contributed by atoms with Crippen LogP contribution < -0.4 is 5.32 Å². The van der Waals surface area contributed by atoms with Gasteiger partial charge in [-0.2, -0.15) is 0 Å². The van der Waals surface area contributed by atoms with Crippen LogP contribution in [-0.4, -0.2) is 40.6 Å². The van der Waals surface area contributed by atoms with Crippen molar-refractivity contribution in [3.8, 4) is 11.3 Å². The number of carboxylic acids is 1. The van der Waals surface area contributed by atoms with Crippen LogP contribution in [0.15, 0.2) is 48.5 Å². The van der Waals surface area contributed by atoms with Gasteiger partial charge in [-0.3, -0.25) is 9.69 Å². The standard InChI is InChI=1S/C24H27Cl2N3O2S/c1-15(2)11-21-22(17-9-10-18(25)19(26)12-17)28-24(32-21)27-13-20(23(30)31)29(3)14-16-7-5-4-6-8-16/h4-10,12,15,20H,11,13-14H2,1-3H3,(H,27,28)(H,30,31). The molecular weight excluding hydrogens is 465 g/mol. The second-order valence-electron chi connectivity index (χ2n) is 8.15. The van der Waals surface area contributed by atoms with Gasteiger partial charge < -0.3 is 10.4 Å². The molecule has 32 heavy (non-hydrogen) atoms. The van der Waals surface area contributed by atoms with Crippen molar-refractivity contribution in [3.63, 3.8) is 0 Å². The minimum absolute atomic E-state index is 0.244. The molecule has 0 spiro atoms. The number of hydrogen-bond acceptors (Lipinski definition) is 5. The summed E-state index contributed by atoms with van der Waals surface area (Å²) in [5.74, 6) is -0.423. The zero-order chi connectivity index (χ0) is 23.3. The molecule has 170 valence electrons. The molecule has 2 N–H and O–H groups in total. The Morgan fingerprint density at radius 3 is 2.50 bits per heavy atom. The van der Waals surface area contributed by atoms with E-state index in [-0.39, 0.29) is 6.54 Å². The Morgan fingerprint density at radius 2 is 1.88 bits per heavy atom. The highest BCUT2D eigenvalue weighted by atomic mass is 35.5. The number of carbonyl (C=O) groups is 1. The van der Waals surface area contributed by atoms with E-state index in [1.165, 1.54) is 0 Å². The monoisotopic (exact) mass is 491 g/mol. The molecule has 3 aromatic rings. The molecular formula is C24H27Cl2N3O2S. The predicted octanol–water partition coefficient (Wildman–Crippen LogP) is 6.31. The van der Waals surface area contributed by atoms with Crippen molar-refractivity contribution in [2.75, 3.05) is 18.9 Å². The quantitative estimate of drug-likeness (QED) is 0.347. The summed E-state index contributed by atoms with van der Waals surface area (Å²) in [5, 5.41) is 14.7. The number of thiazole rings is 1. The van der Waals surface area contributed by atoms with Gasteiger partial charge in [0.2, 0.25) is 0 Å². The zero-order valence-electron chi connectivity index (χ0n) is 18.3. The third-order valence-electron chi connectivity index (χ3n) is 5.02. The Kier molecular flexibility index (Phi) is 8.54. The van der Waals surface area contributed by atoms with Crippen LogP contribution in [0, 0.1) is 5.92 Å². The Balaban J connectivity index is 1.78. The lowest BCUT2D eigenvalue weighted by molar-refractivity contribution is -0.142. The van der Waals surface area contributed by atoms with Crippen molar-refractivity contribution in [2.45, 2.75) is 32.9 Å². The van der Waals surface area contributed by atoms with Crippen molar-refractivity contribution in [1.29, 1.82) is 0 Å². The third-order valence-corrected chi connectivity index (χ3v) is 6.80. The summed E-state index contributed by atoms with van der Waals surface area (Å²) >= 11 is 13.9. The van der Waals surface area contributed by atoms with E-state index >= 15 is 0 Å². The van der Waals surface area contributed by atoms with Crippen LogP contribution in [-0.2, 0) is 17.8 Å². The number of nitrogens with zero attached hydrogens (tertiary/aromatic N) is 2. The number of hydrogen-bond donors (Lipinski definition) is 2. The number of carboxylic acid groups (broad SMARTS) is 1. The van der Waals surface area contributed by atoms with Crippen LogP contribution in [0.1, 0.15) is 24.3 Å². The molecule has 0 fully saturated rings. The molecule has 0 saturated carbocycles. The number of halogens is 2. The van der Waals surface area contributed by atoms with E-state index in [1.54, 1.807) is 17.4 Å². The fourth-order valence-electron chi connectivity index (χ4n) is 3.40. The van der Waals surface area contributed by atoms with Gasteiger partial charge in [-0.15, -0.1) is 11.3 Å². The van der Waals surface area contributed by atoms with E-state index in [2.05, 4.69) is 19.2 Å². The van der Waals surface area contributed by atoms with Gasteiger partial charge in [-0.25, -0.2) is 4.98 Å². The fourth-order valence-corrected chi connectivity index (χ4v) is 4.90. The number of anilines is 1. The summed E-state index contributed by atoms with van der Waals surface area (Å²) in [7, 11) is 1.82. The predicted molar refractivity (Wildman–Crippen MR) is 134 cm³/mol. The van der Waals surface area contributed by atoms with E-state index in [0.717, 1.165) is 28.1 Å². The summed E-state index contributed by atoms with van der Waals surface area (Å²) in [6, 6.07) is 14.6. The van der Waals surface area contributed by atoms with E-state index in [4.69, 9.17) is 28.2 Å². The highest BCUT2D eigenvalue weighted by Crippen LogP contribution is 2.35. The fraction of sp³-hybridized carbons (Fsp3) is 0.333. The second-order valence-corrected chi connectivity index (χ2v) is 10.1. The summed E-state index contributed by atoms with van der Waals surface area (Å²) in [6.07, 6.45) is 0.866. The first kappa shape index (κ1) is 24.5. The Hall–Kier alpha value is -2.12. The molecule has 1 aromatic heterocycles. The Morgan fingerprint density at radius 1 is 1.16 bits per heavy atom. The summed E-state index contributed by atoms with van der Waals surface area (Å²) in [6.45, 7) is 5.10. The number of rotatable bonds is 10. The molecule has 0 aliphatic heterocycles. The first-order valence-corrected chi connectivity index (χ1v) is 12.0. The van der Waals surface area contributed by atoms with E-state index < -0.39 is 12.0 Å². The van der Waals surface area contributed by atoms with Crippen LogP contribution in [0.2, 0.25) is 10.0 Å². The number of nitrogens with one attached hydrogen (secondary N) is 1. The molecule has 0 aliphatic carbocycles. The number of benzene rings is 2. The first-order chi connectivity index (χ1) is 15.2. The van der Waals surface area contributed by atoms with Gasteiger partial charge in [0, 0.05) is 23.5 Å². The van der Waals surface area contributed by atoms with Gasteiger partial charge in [0.25, 0.3) is 0 Å². The van der Waals surface area contributed by atoms with Gasteiger partial charge in [-0.05, 0) is 37.1 Å². The summed E-state index contributed by atoms with van der Waals surface area (Å²) < 4.78 is 0. The van der Waals surface area contributed by atoms with Crippen molar-refractivity contribution < 1.29 is 9.90 Å².